The van der Waals surface area contributed by atoms with Gasteiger partial charge in [-0.1, -0.05) is 11.8 Å². The Kier molecular flexibility index (Phi) is 5.47. The van der Waals surface area contributed by atoms with Crippen LogP contribution in [0.15, 0.2) is 29.6 Å². The van der Waals surface area contributed by atoms with E-state index in [0.717, 1.165) is 50.7 Å². The number of ether oxygens (including phenoxy) is 1. The molecular formula is C15H16F2N4OS. The summed E-state index contributed by atoms with van der Waals surface area (Å²) in [7, 11) is 0. The Balaban J connectivity index is 1.61. The van der Waals surface area contributed by atoms with Gasteiger partial charge in [-0.3, -0.25) is 4.90 Å². The van der Waals surface area contributed by atoms with Gasteiger partial charge in [0.1, 0.15) is 0 Å². The van der Waals surface area contributed by atoms with Crippen LogP contribution < -0.4 is 0 Å². The number of hydrogen-bond donors (Lipinski definition) is 0. The Labute approximate surface area is 137 Å². The summed E-state index contributed by atoms with van der Waals surface area (Å²) in [5, 5.41) is 8.40. The zero-order valence-electron chi connectivity index (χ0n) is 12.4. The van der Waals surface area contributed by atoms with E-state index in [2.05, 4.69) is 20.1 Å². The summed E-state index contributed by atoms with van der Waals surface area (Å²) in [6.45, 7) is 4.35. The van der Waals surface area contributed by atoms with Gasteiger partial charge in [0.25, 0.3) is 0 Å². The SMILES string of the molecule is Fc1ccc(-c2cnnc(SCCN3CCOCC3)n2)cc1F. The second-order valence-electron chi connectivity index (χ2n) is 5.06. The maximum atomic E-state index is 13.3. The summed E-state index contributed by atoms with van der Waals surface area (Å²) in [5.41, 5.74) is 0.960. The number of benzene rings is 1. The second kappa shape index (κ2) is 7.76. The topological polar surface area (TPSA) is 51.1 Å². The lowest BCUT2D eigenvalue weighted by molar-refractivity contribution is 0.0410. The molecule has 1 fully saturated rings. The van der Waals surface area contributed by atoms with Crippen molar-refractivity contribution in [2.75, 3.05) is 38.6 Å². The molecule has 1 aliphatic heterocycles. The lowest BCUT2D eigenvalue weighted by atomic mass is 10.1. The van der Waals surface area contributed by atoms with Gasteiger partial charge >= 0.3 is 0 Å². The highest BCUT2D eigenvalue weighted by molar-refractivity contribution is 7.99. The average Bonchev–Trinajstić information content (AvgIpc) is 2.59. The Morgan fingerprint density at radius 2 is 2.00 bits per heavy atom. The summed E-state index contributed by atoms with van der Waals surface area (Å²) in [6, 6.07) is 3.67. The van der Waals surface area contributed by atoms with Gasteiger partial charge in [0.2, 0.25) is 5.16 Å². The molecule has 1 aromatic heterocycles. The molecule has 0 N–H and O–H groups in total. The number of rotatable bonds is 5. The molecule has 0 spiro atoms. The average molecular weight is 338 g/mol. The highest BCUT2D eigenvalue weighted by atomic mass is 32.2. The van der Waals surface area contributed by atoms with Gasteiger partial charge < -0.3 is 4.74 Å². The quantitative estimate of drug-likeness (QED) is 0.780. The number of aromatic nitrogens is 3. The number of hydrogen-bond acceptors (Lipinski definition) is 6. The Morgan fingerprint density at radius 3 is 2.78 bits per heavy atom. The van der Waals surface area contributed by atoms with Crippen LogP contribution in [0, 0.1) is 11.6 Å². The minimum atomic E-state index is -0.900. The Hall–Kier alpha value is -1.64. The van der Waals surface area contributed by atoms with Crippen molar-refractivity contribution in [3.05, 3.63) is 36.0 Å². The second-order valence-corrected chi connectivity index (χ2v) is 6.12. The van der Waals surface area contributed by atoms with Gasteiger partial charge in [-0.15, -0.1) is 5.10 Å². The van der Waals surface area contributed by atoms with Crippen LogP contribution in [0.1, 0.15) is 0 Å². The monoisotopic (exact) mass is 338 g/mol. The van der Waals surface area contributed by atoms with Gasteiger partial charge in [0.05, 0.1) is 25.1 Å². The highest BCUT2D eigenvalue weighted by Gasteiger charge is 2.11. The normalized spacial score (nSPS) is 15.7. The Bertz CT molecular complexity index is 668. The van der Waals surface area contributed by atoms with Crippen LogP contribution in [-0.4, -0.2) is 58.7 Å². The van der Waals surface area contributed by atoms with Gasteiger partial charge in [-0.2, -0.15) is 5.10 Å². The van der Waals surface area contributed by atoms with Crippen molar-refractivity contribution in [1.29, 1.82) is 0 Å². The molecule has 8 heteroatoms. The summed E-state index contributed by atoms with van der Waals surface area (Å²) in [5.74, 6) is -0.943. The third-order valence-electron chi connectivity index (χ3n) is 3.50. The van der Waals surface area contributed by atoms with E-state index in [9.17, 15) is 8.78 Å². The minimum Gasteiger partial charge on any atom is -0.379 e. The third-order valence-corrected chi connectivity index (χ3v) is 4.31. The largest absolute Gasteiger partial charge is 0.379 e. The fourth-order valence-corrected chi connectivity index (χ4v) is 3.03. The minimum absolute atomic E-state index is 0.479. The fourth-order valence-electron chi connectivity index (χ4n) is 2.23. The molecule has 0 aliphatic carbocycles. The van der Waals surface area contributed by atoms with Gasteiger partial charge in [-0.25, -0.2) is 13.8 Å². The van der Waals surface area contributed by atoms with Crippen LogP contribution in [0.3, 0.4) is 0 Å². The van der Waals surface area contributed by atoms with Crippen molar-refractivity contribution < 1.29 is 13.5 Å². The van der Waals surface area contributed by atoms with E-state index in [0.29, 0.717) is 16.4 Å². The first-order valence-electron chi connectivity index (χ1n) is 7.30. The van der Waals surface area contributed by atoms with E-state index < -0.39 is 11.6 Å². The predicted octanol–water partition coefficient (Wildman–Crippen LogP) is 2.24. The fraction of sp³-hybridized carbons (Fsp3) is 0.400. The standard InChI is InChI=1S/C15H16F2N4OS/c16-12-2-1-11(9-13(12)17)14-10-18-20-15(19-14)23-8-5-21-3-6-22-7-4-21/h1-2,9-10H,3-8H2. The molecule has 1 aromatic carbocycles. The van der Waals surface area contributed by atoms with Crippen LogP contribution in [0.2, 0.25) is 0 Å². The Morgan fingerprint density at radius 1 is 1.17 bits per heavy atom. The number of morpholine rings is 1. The molecular weight excluding hydrogens is 322 g/mol. The van der Waals surface area contributed by atoms with E-state index in [4.69, 9.17) is 4.74 Å². The van der Waals surface area contributed by atoms with Crippen molar-refractivity contribution in [2.24, 2.45) is 0 Å². The predicted molar refractivity (Wildman–Crippen MR) is 83.2 cm³/mol. The third kappa shape index (κ3) is 4.43. The van der Waals surface area contributed by atoms with E-state index >= 15 is 0 Å². The van der Waals surface area contributed by atoms with E-state index in [1.807, 2.05) is 0 Å². The lowest BCUT2D eigenvalue weighted by Crippen LogP contribution is -2.37. The molecule has 2 heterocycles. The maximum absolute atomic E-state index is 13.3. The van der Waals surface area contributed by atoms with Crippen molar-refractivity contribution in [2.45, 2.75) is 5.16 Å². The van der Waals surface area contributed by atoms with Crippen molar-refractivity contribution in [3.8, 4) is 11.3 Å². The molecule has 0 atom stereocenters. The van der Waals surface area contributed by atoms with Crippen LogP contribution >= 0.6 is 11.8 Å². The zero-order chi connectivity index (χ0) is 16.1. The number of halogens is 2. The molecule has 0 unspecified atom stereocenters. The first kappa shape index (κ1) is 16.2. The van der Waals surface area contributed by atoms with Crippen LogP contribution in [0.5, 0.6) is 0 Å². The van der Waals surface area contributed by atoms with Crippen LogP contribution in [-0.2, 0) is 4.74 Å². The molecule has 23 heavy (non-hydrogen) atoms. The lowest BCUT2D eigenvalue weighted by Gasteiger charge is -2.26. The molecule has 1 saturated heterocycles. The zero-order valence-corrected chi connectivity index (χ0v) is 13.2. The maximum Gasteiger partial charge on any atom is 0.209 e. The van der Waals surface area contributed by atoms with Gasteiger partial charge in [-0.05, 0) is 18.2 Å². The molecule has 3 rings (SSSR count). The van der Waals surface area contributed by atoms with E-state index in [1.165, 1.54) is 24.0 Å². The van der Waals surface area contributed by atoms with Crippen molar-refractivity contribution in [1.82, 2.24) is 20.1 Å². The van der Waals surface area contributed by atoms with Gasteiger partial charge in [0.15, 0.2) is 11.6 Å². The summed E-state index contributed by atoms with van der Waals surface area (Å²) in [4.78, 5) is 6.68. The van der Waals surface area contributed by atoms with Crippen molar-refractivity contribution in [3.63, 3.8) is 0 Å². The first-order valence-corrected chi connectivity index (χ1v) is 8.29. The summed E-state index contributed by atoms with van der Waals surface area (Å²) < 4.78 is 31.6. The molecule has 122 valence electrons. The molecule has 2 aromatic rings. The van der Waals surface area contributed by atoms with E-state index in [1.54, 1.807) is 0 Å². The summed E-state index contributed by atoms with van der Waals surface area (Å²) >= 11 is 1.50. The number of thioether (sulfide) groups is 1. The molecule has 0 saturated carbocycles. The highest BCUT2D eigenvalue weighted by Crippen LogP contribution is 2.21. The van der Waals surface area contributed by atoms with E-state index in [-0.39, 0.29) is 0 Å². The van der Waals surface area contributed by atoms with Crippen LogP contribution in [0.25, 0.3) is 11.3 Å². The van der Waals surface area contributed by atoms with Crippen molar-refractivity contribution >= 4 is 11.8 Å². The molecule has 1 aliphatic rings. The van der Waals surface area contributed by atoms with Gasteiger partial charge in [0, 0.05) is 31.0 Å². The summed E-state index contributed by atoms with van der Waals surface area (Å²) in [6.07, 6.45) is 1.44. The first-order chi connectivity index (χ1) is 11.2. The molecule has 0 radical (unpaired) electrons. The van der Waals surface area contributed by atoms with Crippen LogP contribution in [0.4, 0.5) is 8.78 Å². The molecule has 5 nitrogen and oxygen atoms in total. The molecule has 0 bridgehead atoms. The smallest absolute Gasteiger partial charge is 0.209 e. The molecule has 0 amide bonds. The number of nitrogens with zero attached hydrogens (tertiary/aromatic N) is 4.